The zero-order valence-corrected chi connectivity index (χ0v) is 20.1. The Balaban J connectivity index is 3.95. The van der Waals surface area contributed by atoms with E-state index in [1.165, 1.54) is 0 Å². The number of aliphatic hydroxyl groups excluding tert-OH is 1. The molecule has 0 radical (unpaired) electrons. The topological polar surface area (TPSA) is 231 Å². The van der Waals surface area contributed by atoms with Gasteiger partial charge in [0.05, 0.1) is 0 Å². The highest BCUT2D eigenvalue weighted by Crippen LogP contribution is 2.06. The monoisotopic (exact) mass is 538 g/mol. The Morgan fingerprint density at radius 3 is 0.865 bits per heavy atom. The van der Waals surface area contributed by atoms with Crippen molar-refractivity contribution in [2.75, 3.05) is 52.9 Å². The fraction of sp³-hybridized carbons (Fsp3) is 0.600. The molecule has 0 bridgehead atoms. The SMILES string of the molecule is CC(C)(C)OC(=O)COC(=O)COC(=O)COC(=O)COC(=O)COC(=O)COC(=O)COC(=O)CO. The van der Waals surface area contributed by atoms with Crippen molar-refractivity contribution in [3.05, 3.63) is 0 Å². The van der Waals surface area contributed by atoms with E-state index in [2.05, 4.69) is 33.2 Å². The van der Waals surface area contributed by atoms with Crippen LogP contribution >= 0.6 is 0 Å². The van der Waals surface area contributed by atoms with Crippen LogP contribution in [-0.2, 0) is 76.3 Å². The van der Waals surface area contributed by atoms with Crippen LogP contribution < -0.4 is 0 Å². The van der Waals surface area contributed by atoms with Gasteiger partial charge in [0.1, 0.15) is 12.2 Å². The van der Waals surface area contributed by atoms with Crippen LogP contribution in [0.4, 0.5) is 0 Å². The number of carbonyl (C=O) groups excluding carboxylic acids is 8. The molecule has 0 saturated heterocycles. The summed E-state index contributed by atoms with van der Waals surface area (Å²) in [5.41, 5.74) is -0.781. The fourth-order valence-electron chi connectivity index (χ4n) is 1.64. The fourth-order valence-corrected chi connectivity index (χ4v) is 1.64. The zero-order valence-electron chi connectivity index (χ0n) is 20.1. The van der Waals surface area contributed by atoms with Crippen LogP contribution in [0.25, 0.3) is 0 Å². The van der Waals surface area contributed by atoms with Crippen molar-refractivity contribution in [2.24, 2.45) is 0 Å². The third-order valence-corrected chi connectivity index (χ3v) is 3.01. The Labute approximate surface area is 209 Å². The third-order valence-electron chi connectivity index (χ3n) is 3.01. The molecule has 0 heterocycles. The highest BCUT2D eigenvalue weighted by Gasteiger charge is 2.19. The molecule has 0 aromatic rings. The average Bonchev–Trinajstić information content (AvgIpc) is 2.82. The molecule has 0 aliphatic carbocycles. The van der Waals surface area contributed by atoms with Gasteiger partial charge < -0.3 is 43.0 Å². The molecule has 0 fully saturated rings. The van der Waals surface area contributed by atoms with Gasteiger partial charge >= 0.3 is 47.8 Å². The molecule has 0 saturated carbocycles. The molecule has 0 aromatic heterocycles. The van der Waals surface area contributed by atoms with E-state index in [0.717, 1.165) is 0 Å². The van der Waals surface area contributed by atoms with E-state index in [0.29, 0.717) is 0 Å². The van der Waals surface area contributed by atoms with E-state index in [9.17, 15) is 38.4 Å². The van der Waals surface area contributed by atoms with Gasteiger partial charge in [-0.3, -0.25) is 0 Å². The maximum Gasteiger partial charge on any atom is 0.344 e. The van der Waals surface area contributed by atoms with E-state index >= 15 is 0 Å². The number of hydrogen-bond acceptors (Lipinski definition) is 17. The van der Waals surface area contributed by atoms with Gasteiger partial charge in [-0.1, -0.05) is 0 Å². The first kappa shape index (κ1) is 32.7. The lowest BCUT2D eigenvalue weighted by atomic mass is 10.2. The molecule has 0 aliphatic heterocycles. The molecule has 37 heavy (non-hydrogen) atoms. The predicted molar refractivity (Wildman–Crippen MR) is 110 cm³/mol. The van der Waals surface area contributed by atoms with Gasteiger partial charge in [-0.05, 0) is 20.8 Å². The highest BCUT2D eigenvalue weighted by atomic mass is 16.6. The molecule has 208 valence electrons. The second-order valence-corrected chi connectivity index (χ2v) is 7.37. The van der Waals surface area contributed by atoms with E-state index in [4.69, 9.17) is 9.84 Å². The summed E-state index contributed by atoms with van der Waals surface area (Å²) in [4.78, 5) is 90.3. The molecule has 0 rings (SSSR count). The van der Waals surface area contributed by atoms with Crippen molar-refractivity contribution < 1.29 is 81.4 Å². The lowest BCUT2D eigenvalue weighted by Crippen LogP contribution is -2.28. The standard InChI is InChI=1S/C20H26O17/c1-20(2,3)37-19(29)11-36-18(28)10-35-17(27)9-34-16(26)8-33-15(25)7-32-14(24)6-31-13(23)5-30-12(22)4-21/h21H,4-11H2,1-3H3. The Bertz CT molecular complexity index is 853. The van der Waals surface area contributed by atoms with Crippen LogP contribution in [0, 0.1) is 0 Å². The molecule has 0 amide bonds. The minimum absolute atomic E-state index is 0.697. The van der Waals surface area contributed by atoms with E-state index < -0.39 is 106 Å². The summed E-state index contributed by atoms with van der Waals surface area (Å²) in [7, 11) is 0. The number of hydrogen-bond donors (Lipinski definition) is 1. The summed E-state index contributed by atoms with van der Waals surface area (Å²) in [6.07, 6.45) is 0. The largest absolute Gasteiger partial charge is 0.457 e. The summed E-state index contributed by atoms with van der Waals surface area (Å²) in [6, 6.07) is 0. The molecule has 0 atom stereocenters. The molecule has 0 unspecified atom stereocenters. The van der Waals surface area contributed by atoms with E-state index in [1.807, 2.05) is 0 Å². The predicted octanol–water partition coefficient (Wildman–Crippen LogP) is -2.88. The van der Waals surface area contributed by atoms with Crippen LogP contribution in [0.3, 0.4) is 0 Å². The second-order valence-electron chi connectivity index (χ2n) is 7.37. The molecule has 0 spiro atoms. The highest BCUT2D eigenvalue weighted by molar-refractivity contribution is 5.83. The number of aliphatic hydroxyl groups is 1. The first-order valence-corrected chi connectivity index (χ1v) is 10.1. The summed E-state index contributed by atoms with van der Waals surface area (Å²) in [5.74, 6) is -8.78. The van der Waals surface area contributed by atoms with E-state index in [-0.39, 0.29) is 0 Å². The van der Waals surface area contributed by atoms with Crippen LogP contribution in [0.15, 0.2) is 0 Å². The number of carbonyl (C=O) groups is 8. The van der Waals surface area contributed by atoms with Gasteiger partial charge in [0, 0.05) is 0 Å². The van der Waals surface area contributed by atoms with Crippen molar-refractivity contribution in [3.63, 3.8) is 0 Å². The van der Waals surface area contributed by atoms with Crippen LogP contribution in [0.5, 0.6) is 0 Å². The number of esters is 8. The molecule has 17 nitrogen and oxygen atoms in total. The summed E-state index contributed by atoms with van der Waals surface area (Å²) in [6.45, 7) is -2.35. The minimum Gasteiger partial charge on any atom is -0.457 e. The molecular weight excluding hydrogens is 512 g/mol. The minimum atomic E-state index is -1.19. The van der Waals surface area contributed by atoms with Crippen LogP contribution in [0.2, 0.25) is 0 Å². The molecular formula is C20H26O17. The van der Waals surface area contributed by atoms with Gasteiger partial charge in [-0.25, -0.2) is 38.4 Å². The Hall–Kier alpha value is -4.28. The summed E-state index contributed by atoms with van der Waals surface area (Å²) in [5, 5.41) is 8.39. The average molecular weight is 538 g/mol. The number of ether oxygens (including phenoxy) is 8. The Kier molecular flexibility index (Phi) is 15.2. The summed E-state index contributed by atoms with van der Waals surface area (Å²) >= 11 is 0. The van der Waals surface area contributed by atoms with Crippen molar-refractivity contribution in [1.29, 1.82) is 0 Å². The number of rotatable bonds is 15. The normalized spacial score (nSPS) is 10.3. The van der Waals surface area contributed by atoms with Gasteiger partial charge in [0.15, 0.2) is 46.2 Å². The molecule has 1 N–H and O–H groups in total. The van der Waals surface area contributed by atoms with Gasteiger partial charge in [0.2, 0.25) is 0 Å². The van der Waals surface area contributed by atoms with Crippen molar-refractivity contribution in [1.82, 2.24) is 0 Å². The molecule has 17 heteroatoms. The molecule has 0 aliphatic rings. The Morgan fingerprint density at radius 2 is 0.649 bits per heavy atom. The second kappa shape index (κ2) is 17.2. The summed E-state index contributed by atoms with van der Waals surface area (Å²) < 4.78 is 35.8. The maximum atomic E-state index is 11.5. The van der Waals surface area contributed by atoms with Gasteiger partial charge in [-0.2, -0.15) is 0 Å². The van der Waals surface area contributed by atoms with Crippen molar-refractivity contribution in [2.45, 2.75) is 26.4 Å². The van der Waals surface area contributed by atoms with Crippen molar-refractivity contribution in [3.8, 4) is 0 Å². The lowest BCUT2D eigenvalue weighted by Gasteiger charge is -2.19. The lowest BCUT2D eigenvalue weighted by molar-refractivity contribution is -0.173. The smallest absolute Gasteiger partial charge is 0.344 e. The quantitative estimate of drug-likeness (QED) is 0.163. The van der Waals surface area contributed by atoms with Crippen LogP contribution in [-0.4, -0.2) is 111 Å². The maximum absolute atomic E-state index is 11.5. The molecule has 0 aromatic carbocycles. The Morgan fingerprint density at radius 1 is 0.432 bits per heavy atom. The van der Waals surface area contributed by atoms with Crippen LogP contribution in [0.1, 0.15) is 20.8 Å². The van der Waals surface area contributed by atoms with Crippen molar-refractivity contribution >= 4 is 47.8 Å². The first-order valence-electron chi connectivity index (χ1n) is 10.1. The third kappa shape index (κ3) is 19.7. The first-order chi connectivity index (χ1) is 17.2. The van der Waals surface area contributed by atoms with E-state index in [1.54, 1.807) is 20.8 Å². The van der Waals surface area contributed by atoms with Gasteiger partial charge in [0.25, 0.3) is 0 Å². The zero-order chi connectivity index (χ0) is 28.4. The van der Waals surface area contributed by atoms with Gasteiger partial charge in [-0.15, -0.1) is 0 Å².